The van der Waals surface area contributed by atoms with E-state index in [4.69, 9.17) is 32.7 Å². The lowest BCUT2D eigenvalue weighted by Gasteiger charge is -2.14. The molecule has 0 aromatic heterocycles. The normalized spacial score (nSPS) is 10.8. The van der Waals surface area contributed by atoms with Crippen LogP contribution in [-0.4, -0.2) is 19.2 Å². The second-order valence-corrected chi connectivity index (χ2v) is 7.82. The van der Waals surface area contributed by atoms with Gasteiger partial charge in [0.15, 0.2) is 11.5 Å². The standard InChI is InChI=1S/C22H17BrCl2N2O3/c1-29-20-10-14(12-26-27-22(28)15-5-3-2-4-6-15)9-18(23)21(20)30-13-16-7-8-17(24)11-19(16)25/h2-12H,13H2,1H3,(H,27,28)/b26-12-. The largest absolute Gasteiger partial charge is 0.493 e. The van der Waals surface area contributed by atoms with Crippen molar-refractivity contribution in [2.24, 2.45) is 5.10 Å². The number of hydrazone groups is 1. The highest BCUT2D eigenvalue weighted by molar-refractivity contribution is 9.10. The molecular weight excluding hydrogens is 491 g/mol. The second kappa shape index (κ2) is 10.5. The van der Waals surface area contributed by atoms with Crippen LogP contribution in [0.3, 0.4) is 0 Å². The number of methoxy groups -OCH3 is 1. The van der Waals surface area contributed by atoms with E-state index < -0.39 is 0 Å². The number of ether oxygens (including phenoxy) is 2. The minimum Gasteiger partial charge on any atom is -0.493 e. The van der Waals surface area contributed by atoms with Crippen LogP contribution in [0.2, 0.25) is 10.0 Å². The van der Waals surface area contributed by atoms with Gasteiger partial charge in [0.2, 0.25) is 0 Å². The minimum atomic E-state index is -0.294. The molecule has 1 amide bonds. The van der Waals surface area contributed by atoms with E-state index >= 15 is 0 Å². The fourth-order valence-electron chi connectivity index (χ4n) is 2.56. The van der Waals surface area contributed by atoms with Crippen molar-refractivity contribution in [2.45, 2.75) is 6.61 Å². The van der Waals surface area contributed by atoms with Gasteiger partial charge in [-0.2, -0.15) is 5.10 Å². The predicted octanol–water partition coefficient (Wildman–Crippen LogP) is 6.11. The van der Waals surface area contributed by atoms with Gasteiger partial charge in [-0.1, -0.05) is 47.5 Å². The molecule has 0 aliphatic rings. The van der Waals surface area contributed by atoms with E-state index in [1.54, 1.807) is 55.6 Å². The highest BCUT2D eigenvalue weighted by Crippen LogP contribution is 2.37. The number of benzene rings is 3. The Hall–Kier alpha value is -2.54. The molecule has 0 heterocycles. The molecule has 3 aromatic rings. The summed E-state index contributed by atoms with van der Waals surface area (Å²) in [5.74, 6) is 0.733. The van der Waals surface area contributed by atoms with Crippen LogP contribution in [0.4, 0.5) is 0 Å². The van der Waals surface area contributed by atoms with Crippen LogP contribution in [0.25, 0.3) is 0 Å². The zero-order valence-corrected chi connectivity index (χ0v) is 19.0. The first-order chi connectivity index (χ1) is 14.5. The third-order valence-corrected chi connectivity index (χ3v) is 5.23. The highest BCUT2D eigenvalue weighted by atomic mass is 79.9. The van der Waals surface area contributed by atoms with Crippen molar-refractivity contribution >= 4 is 51.3 Å². The molecule has 154 valence electrons. The lowest BCUT2D eigenvalue weighted by molar-refractivity contribution is 0.0955. The Bertz CT molecular complexity index is 1080. The summed E-state index contributed by atoms with van der Waals surface area (Å²) >= 11 is 15.6. The van der Waals surface area contributed by atoms with Crippen molar-refractivity contribution in [3.63, 3.8) is 0 Å². The summed E-state index contributed by atoms with van der Waals surface area (Å²) in [6.45, 7) is 0.242. The summed E-state index contributed by atoms with van der Waals surface area (Å²) in [6, 6.07) is 17.6. The topological polar surface area (TPSA) is 59.9 Å². The SMILES string of the molecule is COc1cc(/C=N\NC(=O)c2ccccc2)cc(Br)c1OCc1ccc(Cl)cc1Cl. The Kier molecular flexibility index (Phi) is 7.74. The van der Waals surface area contributed by atoms with Crippen molar-refractivity contribution in [1.29, 1.82) is 0 Å². The van der Waals surface area contributed by atoms with E-state index in [-0.39, 0.29) is 12.5 Å². The molecule has 0 unspecified atom stereocenters. The third-order valence-electron chi connectivity index (χ3n) is 4.05. The Morgan fingerprint density at radius 1 is 1.13 bits per heavy atom. The summed E-state index contributed by atoms with van der Waals surface area (Å²) in [4.78, 5) is 12.0. The van der Waals surface area contributed by atoms with Crippen LogP contribution >= 0.6 is 39.1 Å². The van der Waals surface area contributed by atoms with Crippen LogP contribution in [0, 0.1) is 0 Å². The zero-order valence-electron chi connectivity index (χ0n) is 15.9. The summed E-state index contributed by atoms with van der Waals surface area (Å²) in [7, 11) is 1.54. The fraction of sp³-hybridized carbons (Fsp3) is 0.0909. The first-order valence-corrected chi connectivity index (χ1v) is 10.4. The van der Waals surface area contributed by atoms with Crippen molar-refractivity contribution in [1.82, 2.24) is 5.43 Å². The molecule has 0 aliphatic carbocycles. The number of nitrogens with one attached hydrogen (secondary N) is 1. The van der Waals surface area contributed by atoms with Gasteiger partial charge in [0, 0.05) is 21.2 Å². The van der Waals surface area contributed by atoms with Crippen LogP contribution in [-0.2, 0) is 6.61 Å². The highest BCUT2D eigenvalue weighted by Gasteiger charge is 2.13. The van der Waals surface area contributed by atoms with E-state index in [2.05, 4.69) is 26.5 Å². The number of carbonyl (C=O) groups is 1. The molecule has 0 fully saturated rings. The number of amides is 1. The Balaban J connectivity index is 1.71. The molecule has 0 spiro atoms. The fourth-order valence-corrected chi connectivity index (χ4v) is 3.60. The maximum absolute atomic E-state index is 12.0. The number of carbonyl (C=O) groups excluding carboxylic acids is 1. The molecule has 5 nitrogen and oxygen atoms in total. The number of nitrogens with zero attached hydrogens (tertiary/aromatic N) is 1. The molecular formula is C22H17BrCl2N2O3. The van der Waals surface area contributed by atoms with Gasteiger partial charge in [-0.15, -0.1) is 0 Å². The maximum atomic E-state index is 12.0. The van der Waals surface area contributed by atoms with Gasteiger partial charge in [0.1, 0.15) is 6.61 Å². The van der Waals surface area contributed by atoms with Crippen molar-refractivity contribution in [2.75, 3.05) is 7.11 Å². The monoisotopic (exact) mass is 506 g/mol. The number of hydrogen-bond acceptors (Lipinski definition) is 4. The summed E-state index contributed by atoms with van der Waals surface area (Å²) in [5, 5.41) is 5.09. The molecule has 3 aromatic carbocycles. The predicted molar refractivity (Wildman–Crippen MR) is 123 cm³/mol. The van der Waals surface area contributed by atoms with E-state index in [1.165, 1.54) is 6.21 Å². The molecule has 0 aliphatic heterocycles. The number of rotatable bonds is 7. The van der Waals surface area contributed by atoms with E-state index in [0.717, 1.165) is 5.56 Å². The van der Waals surface area contributed by atoms with Gasteiger partial charge in [-0.3, -0.25) is 4.79 Å². The molecule has 0 radical (unpaired) electrons. The number of hydrogen-bond donors (Lipinski definition) is 1. The van der Waals surface area contributed by atoms with Crippen molar-refractivity contribution in [3.05, 3.63) is 91.9 Å². The average molecular weight is 508 g/mol. The molecule has 8 heteroatoms. The molecule has 0 saturated carbocycles. The van der Waals surface area contributed by atoms with Crippen molar-refractivity contribution < 1.29 is 14.3 Å². The minimum absolute atomic E-state index is 0.242. The van der Waals surface area contributed by atoms with Gasteiger partial charge < -0.3 is 9.47 Å². The van der Waals surface area contributed by atoms with Crippen LogP contribution < -0.4 is 14.9 Å². The van der Waals surface area contributed by atoms with Gasteiger partial charge in [0.05, 0.1) is 17.8 Å². The molecule has 30 heavy (non-hydrogen) atoms. The Morgan fingerprint density at radius 2 is 1.90 bits per heavy atom. The van der Waals surface area contributed by atoms with Gasteiger partial charge in [-0.05, 0) is 57.9 Å². The van der Waals surface area contributed by atoms with Crippen LogP contribution in [0.5, 0.6) is 11.5 Å². The molecule has 3 rings (SSSR count). The molecule has 1 N–H and O–H groups in total. The van der Waals surface area contributed by atoms with Gasteiger partial charge >= 0.3 is 0 Å². The average Bonchev–Trinajstić information content (AvgIpc) is 2.74. The molecule has 0 bridgehead atoms. The lowest BCUT2D eigenvalue weighted by Crippen LogP contribution is -2.17. The first kappa shape index (κ1) is 22.2. The summed E-state index contributed by atoms with van der Waals surface area (Å²) < 4.78 is 12.0. The first-order valence-electron chi connectivity index (χ1n) is 8.80. The van der Waals surface area contributed by atoms with E-state index in [0.29, 0.717) is 37.1 Å². The summed E-state index contributed by atoms with van der Waals surface area (Å²) in [5.41, 5.74) is 4.53. The van der Waals surface area contributed by atoms with Gasteiger partial charge in [-0.25, -0.2) is 5.43 Å². The van der Waals surface area contributed by atoms with Crippen LogP contribution in [0.15, 0.2) is 70.2 Å². The van der Waals surface area contributed by atoms with Crippen molar-refractivity contribution in [3.8, 4) is 11.5 Å². The van der Waals surface area contributed by atoms with Crippen LogP contribution in [0.1, 0.15) is 21.5 Å². The molecule has 0 saturated heterocycles. The Labute approximate surface area is 192 Å². The zero-order chi connectivity index (χ0) is 21.5. The quantitative estimate of drug-likeness (QED) is 0.310. The maximum Gasteiger partial charge on any atom is 0.271 e. The smallest absolute Gasteiger partial charge is 0.271 e. The van der Waals surface area contributed by atoms with E-state index in [1.807, 2.05) is 12.1 Å². The molecule has 0 atom stereocenters. The van der Waals surface area contributed by atoms with Gasteiger partial charge in [0.25, 0.3) is 5.91 Å². The lowest BCUT2D eigenvalue weighted by atomic mass is 10.2. The Morgan fingerprint density at radius 3 is 2.60 bits per heavy atom. The third kappa shape index (κ3) is 5.75. The second-order valence-electron chi connectivity index (χ2n) is 6.12. The summed E-state index contributed by atoms with van der Waals surface area (Å²) in [6.07, 6.45) is 1.52. The number of halogens is 3. The van der Waals surface area contributed by atoms with E-state index in [9.17, 15) is 4.79 Å².